The number of aliphatic hydroxyl groups is 1. The molecule has 2 heterocycles. The van der Waals surface area contributed by atoms with Gasteiger partial charge in [0, 0.05) is 6.54 Å². The number of amides is 1. The summed E-state index contributed by atoms with van der Waals surface area (Å²) >= 11 is 0. The fourth-order valence-electron chi connectivity index (χ4n) is 4.04. The Bertz CT molecular complexity index is 1190. The van der Waals surface area contributed by atoms with E-state index in [0.29, 0.717) is 17.9 Å². The third-order valence-electron chi connectivity index (χ3n) is 5.78. The number of aliphatic hydroxyl groups excluding tert-OH is 1. The van der Waals surface area contributed by atoms with E-state index >= 15 is 0 Å². The number of methoxy groups -OCH3 is 2. The van der Waals surface area contributed by atoms with E-state index in [1.54, 1.807) is 26.4 Å². The molecule has 0 aliphatic carbocycles. The van der Waals surface area contributed by atoms with E-state index in [2.05, 4.69) is 0 Å². The van der Waals surface area contributed by atoms with E-state index < -0.39 is 23.5 Å². The summed E-state index contributed by atoms with van der Waals surface area (Å²) in [4.78, 5) is 27.8. The molecule has 1 aliphatic heterocycles. The van der Waals surface area contributed by atoms with Gasteiger partial charge in [0.15, 0.2) is 23.0 Å². The minimum atomic E-state index is -0.726. The third-order valence-corrected chi connectivity index (χ3v) is 5.78. The number of ether oxygens (including phenoxy) is 2. The van der Waals surface area contributed by atoms with Gasteiger partial charge < -0.3 is 23.9 Å². The highest BCUT2D eigenvalue weighted by Gasteiger charge is 2.44. The van der Waals surface area contributed by atoms with Crippen molar-refractivity contribution in [2.75, 3.05) is 20.8 Å². The first-order valence-electron chi connectivity index (χ1n) is 10.5. The zero-order chi connectivity index (χ0) is 23.5. The molecule has 0 spiro atoms. The molecule has 0 saturated heterocycles. The van der Waals surface area contributed by atoms with Crippen molar-refractivity contribution in [2.24, 2.45) is 0 Å². The molecule has 7 heteroatoms. The van der Waals surface area contributed by atoms with Crippen LogP contribution in [0, 0.1) is 6.92 Å². The Morgan fingerprint density at radius 3 is 2.42 bits per heavy atom. The van der Waals surface area contributed by atoms with E-state index in [-0.39, 0.29) is 17.9 Å². The van der Waals surface area contributed by atoms with Crippen LogP contribution in [0.4, 0.5) is 0 Å². The number of hydrogen-bond donors (Lipinski definition) is 1. The van der Waals surface area contributed by atoms with E-state index in [4.69, 9.17) is 13.9 Å². The number of furan rings is 1. The van der Waals surface area contributed by atoms with Gasteiger partial charge in [0.1, 0.15) is 0 Å². The third kappa shape index (κ3) is 4.22. The van der Waals surface area contributed by atoms with Crippen LogP contribution in [-0.4, -0.2) is 42.5 Å². The average Bonchev–Trinajstić information content (AvgIpc) is 3.45. The lowest BCUT2D eigenvalue weighted by molar-refractivity contribution is -0.129. The molecule has 1 aromatic heterocycles. The lowest BCUT2D eigenvalue weighted by Crippen LogP contribution is -2.33. The van der Waals surface area contributed by atoms with Crippen molar-refractivity contribution in [1.82, 2.24) is 4.90 Å². The second-order valence-corrected chi connectivity index (χ2v) is 7.82. The number of carbonyl (C=O) groups is 2. The predicted octanol–water partition coefficient (Wildman–Crippen LogP) is 4.43. The Kier molecular flexibility index (Phi) is 6.22. The Balaban J connectivity index is 1.67. The van der Waals surface area contributed by atoms with Crippen LogP contribution in [0.25, 0.3) is 0 Å². The summed E-state index contributed by atoms with van der Waals surface area (Å²) < 4.78 is 15.9. The van der Waals surface area contributed by atoms with Crippen molar-refractivity contribution in [3.05, 3.63) is 94.6 Å². The maximum atomic E-state index is 13.2. The summed E-state index contributed by atoms with van der Waals surface area (Å²) in [5.41, 5.74) is 2.73. The predicted molar refractivity (Wildman–Crippen MR) is 122 cm³/mol. The first-order valence-corrected chi connectivity index (χ1v) is 10.5. The maximum Gasteiger partial charge on any atom is 0.290 e. The zero-order valence-corrected chi connectivity index (χ0v) is 18.7. The first kappa shape index (κ1) is 22.2. The van der Waals surface area contributed by atoms with E-state index in [0.717, 1.165) is 16.7 Å². The molecule has 0 unspecified atom stereocenters. The first-order chi connectivity index (χ1) is 15.9. The highest BCUT2D eigenvalue weighted by atomic mass is 16.5. The monoisotopic (exact) mass is 447 g/mol. The molecule has 7 nitrogen and oxygen atoms in total. The average molecular weight is 447 g/mol. The van der Waals surface area contributed by atoms with Gasteiger partial charge in [-0.3, -0.25) is 9.59 Å². The molecule has 170 valence electrons. The Hall–Kier alpha value is -4.00. The van der Waals surface area contributed by atoms with Gasteiger partial charge in [-0.1, -0.05) is 35.9 Å². The van der Waals surface area contributed by atoms with Gasteiger partial charge in [-0.2, -0.15) is 0 Å². The lowest BCUT2D eigenvalue weighted by Gasteiger charge is -2.27. The molecular weight excluding hydrogens is 422 g/mol. The quantitative estimate of drug-likeness (QED) is 0.514. The number of nitrogens with zero attached hydrogens (tertiary/aromatic N) is 1. The van der Waals surface area contributed by atoms with Gasteiger partial charge in [-0.25, -0.2) is 0 Å². The number of ketones is 1. The van der Waals surface area contributed by atoms with Crippen LogP contribution in [0.5, 0.6) is 11.5 Å². The summed E-state index contributed by atoms with van der Waals surface area (Å²) in [5, 5.41) is 10.7. The maximum absolute atomic E-state index is 13.2. The van der Waals surface area contributed by atoms with Crippen molar-refractivity contribution < 1.29 is 28.6 Å². The second kappa shape index (κ2) is 9.24. The van der Waals surface area contributed by atoms with Crippen LogP contribution in [0.1, 0.15) is 33.3 Å². The molecule has 1 N–H and O–H groups in total. The van der Waals surface area contributed by atoms with Crippen LogP contribution in [0.3, 0.4) is 0 Å². The Morgan fingerprint density at radius 2 is 1.79 bits per heavy atom. The van der Waals surface area contributed by atoms with Crippen molar-refractivity contribution in [2.45, 2.75) is 19.4 Å². The molecule has 3 aromatic rings. The van der Waals surface area contributed by atoms with Crippen LogP contribution >= 0.6 is 0 Å². The Morgan fingerprint density at radius 1 is 1.06 bits per heavy atom. The SMILES string of the molecule is COc1ccc(CCN2C(=O)C(O)=C(C(=O)c3ccco3)[C@H]2c2ccc(C)cc2)cc1OC. The van der Waals surface area contributed by atoms with Gasteiger partial charge in [0.25, 0.3) is 5.91 Å². The van der Waals surface area contributed by atoms with Crippen LogP contribution in [0.15, 0.2) is 76.6 Å². The molecule has 0 radical (unpaired) electrons. The Labute approximate surface area is 191 Å². The highest BCUT2D eigenvalue weighted by molar-refractivity contribution is 6.15. The molecule has 1 aliphatic rings. The molecule has 0 saturated carbocycles. The van der Waals surface area contributed by atoms with Gasteiger partial charge >= 0.3 is 0 Å². The van der Waals surface area contributed by atoms with Crippen LogP contribution in [-0.2, 0) is 11.2 Å². The number of rotatable bonds is 8. The molecule has 1 atom stereocenters. The summed E-state index contributed by atoms with van der Waals surface area (Å²) in [5.74, 6) is -0.368. The molecule has 0 fully saturated rings. The minimum Gasteiger partial charge on any atom is -0.503 e. The molecule has 2 aromatic carbocycles. The zero-order valence-electron chi connectivity index (χ0n) is 18.7. The standard InChI is InChI=1S/C26H25NO6/c1-16-6-9-18(10-7-16)23-22(24(28)20-5-4-14-33-20)25(29)26(30)27(23)13-12-17-8-11-19(31-2)21(15-17)32-3/h4-11,14-15,23,29H,12-13H2,1-3H3/t23-/m1/s1. The number of Topliss-reactive ketones (excluding diaryl/α,β-unsaturated/α-hetero) is 1. The lowest BCUT2D eigenvalue weighted by atomic mass is 9.94. The summed E-state index contributed by atoms with van der Waals surface area (Å²) in [6.07, 6.45) is 1.88. The minimum absolute atomic E-state index is 0.0196. The smallest absolute Gasteiger partial charge is 0.290 e. The molecule has 33 heavy (non-hydrogen) atoms. The molecule has 1 amide bonds. The van der Waals surface area contributed by atoms with Crippen molar-refractivity contribution in [1.29, 1.82) is 0 Å². The van der Waals surface area contributed by atoms with Gasteiger partial charge in [0.2, 0.25) is 5.78 Å². The van der Waals surface area contributed by atoms with Crippen molar-refractivity contribution >= 4 is 11.7 Å². The fraction of sp³-hybridized carbons (Fsp3) is 0.231. The number of aryl methyl sites for hydroxylation is 1. The number of hydrogen-bond acceptors (Lipinski definition) is 6. The second-order valence-electron chi connectivity index (χ2n) is 7.82. The van der Waals surface area contributed by atoms with Crippen LogP contribution in [0.2, 0.25) is 0 Å². The van der Waals surface area contributed by atoms with Gasteiger partial charge in [-0.15, -0.1) is 0 Å². The van der Waals surface area contributed by atoms with E-state index in [1.807, 2.05) is 43.3 Å². The topological polar surface area (TPSA) is 89.2 Å². The number of benzene rings is 2. The van der Waals surface area contributed by atoms with E-state index in [9.17, 15) is 14.7 Å². The van der Waals surface area contributed by atoms with E-state index in [1.165, 1.54) is 17.2 Å². The molecule has 4 rings (SSSR count). The fourth-order valence-corrected chi connectivity index (χ4v) is 4.04. The van der Waals surface area contributed by atoms with Gasteiger partial charge in [-0.05, 0) is 48.7 Å². The van der Waals surface area contributed by atoms with Crippen LogP contribution < -0.4 is 9.47 Å². The number of carbonyl (C=O) groups excluding carboxylic acids is 2. The molecular formula is C26H25NO6. The summed E-state index contributed by atoms with van der Waals surface area (Å²) in [7, 11) is 3.13. The summed E-state index contributed by atoms with van der Waals surface area (Å²) in [6.45, 7) is 2.24. The largest absolute Gasteiger partial charge is 0.503 e. The van der Waals surface area contributed by atoms with Gasteiger partial charge in [0.05, 0.1) is 32.1 Å². The van der Waals surface area contributed by atoms with Crippen molar-refractivity contribution in [3.8, 4) is 11.5 Å². The summed E-state index contributed by atoms with van der Waals surface area (Å²) in [6, 6.07) is 15.5. The normalized spacial score (nSPS) is 15.8. The highest BCUT2D eigenvalue weighted by Crippen LogP contribution is 2.39. The molecule has 0 bridgehead atoms. The van der Waals surface area contributed by atoms with Crippen molar-refractivity contribution in [3.63, 3.8) is 0 Å².